The van der Waals surface area contributed by atoms with Gasteiger partial charge in [0.1, 0.15) is 0 Å². The Labute approximate surface area is 129 Å². The van der Waals surface area contributed by atoms with Crippen molar-refractivity contribution < 1.29 is 9.90 Å². The van der Waals surface area contributed by atoms with Crippen molar-refractivity contribution in [1.29, 1.82) is 0 Å². The summed E-state index contributed by atoms with van der Waals surface area (Å²) in [7, 11) is 0. The maximum Gasteiger partial charge on any atom is 0.309 e. The number of rotatable bonds is 1. The highest BCUT2D eigenvalue weighted by Gasteiger charge is 2.56. The molecule has 2 nitrogen and oxygen atoms in total. The second-order valence-corrected chi connectivity index (χ2v) is 8.38. The van der Waals surface area contributed by atoms with Crippen LogP contribution in [0.1, 0.15) is 72.1 Å². The van der Waals surface area contributed by atoms with Gasteiger partial charge in [-0.15, -0.1) is 0 Å². The quantitative estimate of drug-likeness (QED) is 0.687. The summed E-state index contributed by atoms with van der Waals surface area (Å²) in [5, 5.41) is 9.87. The number of aliphatic carboxylic acids is 1. The van der Waals surface area contributed by atoms with E-state index in [9.17, 15) is 9.90 Å². The van der Waals surface area contributed by atoms with Crippen molar-refractivity contribution in [2.45, 2.75) is 72.1 Å². The Balaban J connectivity index is 2.02. The van der Waals surface area contributed by atoms with Crippen LogP contribution in [0.3, 0.4) is 0 Å². The summed E-state index contributed by atoms with van der Waals surface area (Å²) in [5.74, 6) is 1.14. The van der Waals surface area contributed by atoms with Gasteiger partial charge in [0.05, 0.1) is 5.41 Å². The molecular weight excluding hydrogens is 260 g/mol. The zero-order valence-electron chi connectivity index (χ0n) is 13.8. The molecule has 0 amide bonds. The maximum atomic E-state index is 12.0. The Bertz CT molecular complexity index is 466. The lowest BCUT2D eigenvalue weighted by atomic mass is 9.50. The molecule has 0 bridgehead atoms. The zero-order chi connectivity index (χ0) is 15.3. The van der Waals surface area contributed by atoms with Crippen LogP contribution in [-0.4, -0.2) is 11.1 Å². The molecule has 1 unspecified atom stereocenters. The van der Waals surface area contributed by atoms with E-state index in [0.29, 0.717) is 17.8 Å². The number of carbonyl (C=O) groups is 1. The molecule has 0 aromatic rings. The van der Waals surface area contributed by atoms with E-state index < -0.39 is 11.4 Å². The third kappa shape index (κ3) is 2.26. The van der Waals surface area contributed by atoms with Gasteiger partial charge in [-0.25, -0.2) is 0 Å². The van der Waals surface area contributed by atoms with Gasteiger partial charge in [-0.2, -0.15) is 0 Å². The molecule has 1 N–H and O–H groups in total. The smallest absolute Gasteiger partial charge is 0.309 e. The predicted molar refractivity (Wildman–Crippen MR) is 85.0 cm³/mol. The number of carboxylic acid groups (broad SMARTS) is 1. The SMILES string of the molecule is C[C@H]1C=C2CCC[C@@H]3C(C)(CCC[C@@]3(C)C(=O)O)[C@H]2CC1. The first kappa shape index (κ1) is 15.1. The maximum absolute atomic E-state index is 12.0. The van der Waals surface area contributed by atoms with Gasteiger partial charge in [0.15, 0.2) is 0 Å². The van der Waals surface area contributed by atoms with Gasteiger partial charge in [-0.1, -0.05) is 31.9 Å². The topological polar surface area (TPSA) is 37.3 Å². The number of allylic oxidation sites excluding steroid dienone is 2. The molecule has 0 radical (unpaired) electrons. The molecule has 2 fully saturated rings. The Morgan fingerprint density at radius 2 is 1.95 bits per heavy atom. The summed E-state index contributed by atoms with van der Waals surface area (Å²) >= 11 is 0. The average Bonchev–Trinajstić information content (AvgIpc) is 2.56. The fraction of sp³-hybridized carbons (Fsp3) is 0.842. The number of hydrogen-bond donors (Lipinski definition) is 1. The van der Waals surface area contributed by atoms with Gasteiger partial charge in [0, 0.05) is 0 Å². The van der Waals surface area contributed by atoms with Gasteiger partial charge in [0.25, 0.3) is 0 Å². The van der Waals surface area contributed by atoms with Crippen LogP contribution < -0.4 is 0 Å². The van der Waals surface area contributed by atoms with E-state index in [-0.39, 0.29) is 5.41 Å². The molecule has 2 heteroatoms. The Kier molecular flexibility index (Phi) is 3.70. The standard InChI is InChI=1S/C19H30O2/c1-13-8-9-15-14(12-13)6-4-7-16-18(15,2)10-5-11-19(16,3)17(20)21/h12-13,15-16H,4-11H2,1-3H3,(H,20,21)/t13-,15+,16-,18?,19-/m1/s1. The molecule has 0 heterocycles. The van der Waals surface area contributed by atoms with Crippen molar-refractivity contribution >= 4 is 5.97 Å². The van der Waals surface area contributed by atoms with Crippen molar-refractivity contribution in [2.24, 2.45) is 28.6 Å². The normalized spacial score (nSPS) is 46.8. The molecule has 3 rings (SSSR count). The molecule has 118 valence electrons. The zero-order valence-corrected chi connectivity index (χ0v) is 13.8. The third-order valence-electron chi connectivity index (χ3n) is 7.08. The van der Waals surface area contributed by atoms with Crippen molar-refractivity contribution in [2.75, 3.05) is 0 Å². The van der Waals surface area contributed by atoms with E-state index >= 15 is 0 Å². The van der Waals surface area contributed by atoms with Gasteiger partial charge in [0.2, 0.25) is 0 Å². The highest BCUT2D eigenvalue weighted by Crippen LogP contribution is 2.61. The fourth-order valence-electron chi connectivity index (χ4n) is 5.94. The summed E-state index contributed by atoms with van der Waals surface area (Å²) in [6.07, 6.45) is 11.7. The summed E-state index contributed by atoms with van der Waals surface area (Å²) in [6, 6.07) is 0. The lowest BCUT2D eigenvalue weighted by Crippen LogP contribution is -2.51. The summed E-state index contributed by atoms with van der Waals surface area (Å²) in [6.45, 7) is 6.77. The lowest BCUT2D eigenvalue weighted by molar-refractivity contribution is -0.162. The first-order valence-corrected chi connectivity index (χ1v) is 8.82. The van der Waals surface area contributed by atoms with E-state index in [1.54, 1.807) is 5.57 Å². The van der Waals surface area contributed by atoms with Crippen molar-refractivity contribution in [3.8, 4) is 0 Å². The molecule has 3 aliphatic rings. The molecule has 5 atom stereocenters. The Hall–Kier alpha value is -0.790. The van der Waals surface area contributed by atoms with Crippen LogP contribution >= 0.6 is 0 Å². The molecule has 0 aliphatic heterocycles. The van der Waals surface area contributed by atoms with Crippen molar-refractivity contribution in [1.82, 2.24) is 0 Å². The van der Waals surface area contributed by atoms with E-state index in [2.05, 4.69) is 19.9 Å². The minimum atomic E-state index is -0.560. The monoisotopic (exact) mass is 290 g/mol. The van der Waals surface area contributed by atoms with E-state index in [1.807, 2.05) is 6.92 Å². The molecule has 21 heavy (non-hydrogen) atoms. The predicted octanol–water partition coefficient (Wildman–Crippen LogP) is 5.04. The van der Waals surface area contributed by atoms with Gasteiger partial charge >= 0.3 is 5.97 Å². The third-order valence-corrected chi connectivity index (χ3v) is 7.08. The van der Waals surface area contributed by atoms with Crippen LogP contribution in [0.25, 0.3) is 0 Å². The minimum absolute atomic E-state index is 0.202. The van der Waals surface area contributed by atoms with Crippen molar-refractivity contribution in [3.63, 3.8) is 0 Å². The van der Waals surface area contributed by atoms with Gasteiger partial charge in [-0.05, 0) is 75.0 Å². The average molecular weight is 290 g/mol. The number of carboxylic acids is 1. The molecule has 2 saturated carbocycles. The first-order valence-electron chi connectivity index (χ1n) is 8.82. The highest BCUT2D eigenvalue weighted by atomic mass is 16.4. The second-order valence-electron chi connectivity index (χ2n) is 8.38. The summed E-state index contributed by atoms with van der Waals surface area (Å²) < 4.78 is 0. The Morgan fingerprint density at radius 3 is 2.67 bits per heavy atom. The molecule has 0 saturated heterocycles. The number of hydrogen-bond acceptors (Lipinski definition) is 1. The van der Waals surface area contributed by atoms with E-state index in [4.69, 9.17) is 0 Å². The van der Waals surface area contributed by atoms with E-state index in [0.717, 1.165) is 19.3 Å². The second kappa shape index (κ2) is 5.14. The van der Waals surface area contributed by atoms with Crippen LogP contribution in [0.5, 0.6) is 0 Å². The molecular formula is C19H30O2. The minimum Gasteiger partial charge on any atom is -0.481 e. The van der Waals surface area contributed by atoms with E-state index in [1.165, 1.54) is 32.1 Å². The first-order chi connectivity index (χ1) is 9.88. The largest absolute Gasteiger partial charge is 0.481 e. The summed E-state index contributed by atoms with van der Waals surface area (Å²) in [4.78, 5) is 12.0. The van der Waals surface area contributed by atoms with Crippen LogP contribution in [0.15, 0.2) is 11.6 Å². The number of fused-ring (bicyclic) bond motifs is 3. The molecule has 0 spiro atoms. The lowest BCUT2D eigenvalue weighted by Gasteiger charge is -2.54. The van der Waals surface area contributed by atoms with Crippen LogP contribution in [0.4, 0.5) is 0 Å². The van der Waals surface area contributed by atoms with Crippen molar-refractivity contribution in [3.05, 3.63) is 11.6 Å². The van der Waals surface area contributed by atoms with Crippen LogP contribution in [0, 0.1) is 28.6 Å². The van der Waals surface area contributed by atoms with Crippen LogP contribution in [0.2, 0.25) is 0 Å². The Morgan fingerprint density at radius 1 is 1.19 bits per heavy atom. The molecule has 0 aromatic carbocycles. The van der Waals surface area contributed by atoms with Crippen LogP contribution in [-0.2, 0) is 4.79 Å². The van der Waals surface area contributed by atoms with Gasteiger partial charge < -0.3 is 5.11 Å². The fourth-order valence-corrected chi connectivity index (χ4v) is 5.94. The highest BCUT2D eigenvalue weighted by molar-refractivity contribution is 5.75. The van der Waals surface area contributed by atoms with Gasteiger partial charge in [-0.3, -0.25) is 4.79 Å². The summed E-state index contributed by atoms with van der Waals surface area (Å²) in [5.41, 5.74) is 1.35. The molecule has 0 aromatic heterocycles. The molecule has 3 aliphatic carbocycles.